The minimum absolute atomic E-state index is 0.372. The monoisotopic (exact) mass is 284 g/mol. The Hall–Kier alpha value is -1.36. The summed E-state index contributed by atoms with van der Waals surface area (Å²) in [5.41, 5.74) is 0.885. The number of rotatable bonds is 3. The molecule has 1 aromatic carbocycles. The summed E-state index contributed by atoms with van der Waals surface area (Å²) in [5, 5.41) is 11.1. The Morgan fingerprint density at radius 3 is 2.72 bits per heavy atom. The third-order valence-corrected chi connectivity index (χ3v) is 2.98. The van der Waals surface area contributed by atoms with E-state index in [0.29, 0.717) is 27.2 Å². The topological polar surface area (TPSA) is 55.2 Å². The van der Waals surface area contributed by atoms with Crippen molar-refractivity contribution in [1.82, 2.24) is 9.97 Å². The molecule has 1 atom stereocenters. The molecule has 2 aromatic rings. The van der Waals surface area contributed by atoms with E-state index in [1.165, 1.54) is 13.4 Å². The number of aliphatic hydroxyl groups excluding tert-OH is 1. The summed E-state index contributed by atoms with van der Waals surface area (Å²) in [7, 11) is 1.49. The van der Waals surface area contributed by atoms with Crippen molar-refractivity contribution in [2.24, 2.45) is 0 Å². The fourth-order valence-corrected chi connectivity index (χ4v) is 1.90. The second-order valence-electron chi connectivity index (χ2n) is 3.55. The smallest absolute Gasteiger partial charge is 0.216 e. The van der Waals surface area contributed by atoms with Gasteiger partial charge in [0, 0.05) is 21.7 Å². The Balaban J connectivity index is 2.40. The molecule has 2 rings (SSSR count). The lowest BCUT2D eigenvalue weighted by Gasteiger charge is -2.13. The molecular weight excluding hydrogens is 275 g/mol. The highest BCUT2D eigenvalue weighted by molar-refractivity contribution is 6.33. The molecule has 0 fully saturated rings. The molecule has 1 heterocycles. The summed E-state index contributed by atoms with van der Waals surface area (Å²) in [5.74, 6) is 0.372. The SMILES string of the molecule is COc1cc(C(O)c2cc(Cl)ccc2Cl)ncn1. The van der Waals surface area contributed by atoms with E-state index in [1.807, 2.05) is 0 Å². The lowest BCUT2D eigenvalue weighted by molar-refractivity contribution is 0.214. The van der Waals surface area contributed by atoms with E-state index in [1.54, 1.807) is 24.3 Å². The van der Waals surface area contributed by atoms with E-state index >= 15 is 0 Å². The molecule has 0 bridgehead atoms. The third kappa shape index (κ3) is 2.72. The van der Waals surface area contributed by atoms with E-state index in [9.17, 15) is 5.11 Å². The maximum atomic E-state index is 10.2. The molecule has 0 spiro atoms. The van der Waals surface area contributed by atoms with Gasteiger partial charge in [-0.05, 0) is 18.2 Å². The van der Waals surface area contributed by atoms with Crippen molar-refractivity contribution in [3.8, 4) is 5.88 Å². The molecule has 0 aliphatic heterocycles. The van der Waals surface area contributed by atoms with E-state index < -0.39 is 6.10 Å². The van der Waals surface area contributed by atoms with E-state index in [-0.39, 0.29) is 0 Å². The number of aliphatic hydroxyl groups is 1. The van der Waals surface area contributed by atoms with Crippen LogP contribution in [0.5, 0.6) is 5.88 Å². The zero-order chi connectivity index (χ0) is 13.1. The van der Waals surface area contributed by atoms with Gasteiger partial charge in [0.1, 0.15) is 12.4 Å². The van der Waals surface area contributed by atoms with Crippen LogP contribution in [0.4, 0.5) is 0 Å². The van der Waals surface area contributed by atoms with Crippen LogP contribution in [0.25, 0.3) is 0 Å². The summed E-state index contributed by atoms with van der Waals surface area (Å²) in [6, 6.07) is 6.42. The zero-order valence-corrected chi connectivity index (χ0v) is 11.0. The highest BCUT2D eigenvalue weighted by atomic mass is 35.5. The molecular formula is C12H10Cl2N2O2. The van der Waals surface area contributed by atoms with Crippen LogP contribution in [0.2, 0.25) is 10.0 Å². The van der Waals surface area contributed by atoms with Crippen LogP contribution in [0.15, 0.2) is 30.6 Å². The van der Waals surface area contributed by atoms with Gasteiger partial charge in [0.25, 0.3) is 0 Å². The van der Waals surface area contributed by atoms with Gasteiger partial charge < -0.3 is 9.84 Å². The van der Waals surface area contributed by atoms with Gasteiger partial charge in [0.2, 0.25) is 5.88 Å². The van der Waals surface area contributed by atoms with Crippen LogP contribution >= 0.6 is 23.2 Å². The van der Waals surface area contributed by atoms with E-state index in [0.717, 1.165) is 0 Å². The van der Waals surface area contributed by atoms with Gasteiger partial charge in [0.15, 0.2) is 0 Å². The third-order valence-electron chi connectivity index (χ3n) is 2.41. The Bertz CT molecular complexity index is 564. The predicted octanol–water partition coefficient (Wildman–Crippen LogP) is 2.87. The van der Waals surface area contributed by atoms with Gasteiger partial charge in [-0.2, -0.15) is 0 Å². The Kier molecular flexibility index (Phi) is 4.01. The van der Waals surface area contributed by atoms with Gasteiger partial charge in [-0.25, -0.2) is 9.97 Å². The number of aromatic nitrogens is 2. The standard InChI is InChI=1S/C12H10Cl2N2O2/c1-18-11-5-10(15-6-16-11)12(17)8-4-7(13)2-3-9(8)14/h2-6,12,17H,1H3. The molecule has 0 aliphatic carbocycles. The van der Waals surface area contributed by atoms with Crippen LogP contribution in [0, 0.1) is 0 Å². The van der Waals surface area contributed by atoms with Gasteiger partial charge in [-0.1, -0.05) is 23.2 Å². The maximum absolute atomic E-state index is 10.2. The van der Waals surface area contributed by atoms with E-state index in [2.05, 4.69) is 9.97 Å². The predicted molar refractivity (Wildman–Crippen MR) is 69.1 cm³/mol. The van der Waals surface area contributed by atoms with Gasteiger partial charge in [-0.3, -0.25) is 0 Å². The number of halogens is 2. The largest absolute Gasteiger partial charge is 0.481 e. The van der Waals surface area contributed by atoms with Crippen LogP contribution in [-0.4, -0.2) is 22.2 Å². The Morgan fingerprint density at radius 1 is 1.22 bits per heavy atom. The van der Waals surface area contributed by atoms with Crippen molar-refractivity contribution in [1.29, 1.82) is 0 Å². The molecule has 1 aromatic heterocycles. The highest BCUT2D eigenvalue weighted by Gasteiger charge is 2.16. The second kappa shape index (κ2) is 5.52. The lowest BCUT2D eigenvalue weighted by Crippen LogP contribution is -2.04. The first kappa shape index (κ1) is 13.1. The summed E-state index contributed by atoms with van der Waals surface area (Å²) >= 11 is 11.9. The molecule has 1 unspecified atom stereocenters. The van der Waals surface area contributed by atoms with Crippen molar-refractivity contribution < 1.29 is 9.84 Å². The zero-order valence-electron chi connectivity index (χ0n) is 9.47. The normalized spacial score (nSPS) is 12.2. The molecule has 0 amide bonds. The summed E-state index contributed by atoms with van der Waals surface area (Å²) < 4.78 is 4.97. The number of ether oxygens (including phenoxy) is 1. The number of hydrogen-bond acceptors (Lipinski definition) is 4. The van der Waals surface area contributed by atoms with Crippen LogP contribution in [0.3, 0.4) is 0 Å². The number of nitrogens with zero attached hydrogens (tertiary/aromatic N) is 2. The number of methoxy groups -OCH3 is 1. The van der Waals surface area contributed by atoms with E-state index in [4.69, 9.17) is 27.9 Å². The quantitative estimate of drug-likeness (QED) is 0.942. The molecule has 4 nitrogen and oxygen atoms in total. The number of hydrogen-bond donors (Lipinski definition) is 1. The number of benzene rings is 1. The highest BCUT2D eigenvalue weighted by Crippen LogP contribution is 2.30. The summed E-state index contributed by atoms with van der Waals surface area (Å²) in [6.45, 7) is 0. The molecule has 1 N–H and O–H groups in total. The van der Waals surface area contributed by atoms with Crippen molar-refractivity contribution >= 4 is 23.2 Å². The minimum atomic E-state index is -0.979. The molecule has 0 radical (unpaired) electrons. The van der Waals surface area contributed by atoms with Gasteiger partial charge in [0.05, 0.1) is 12.8 Å². The molecule has 0 saturated carbocycles. The van der Waals surface area contributed by atoms with Crippen molar-refractivity contribution in [2.45, 2.75) is 6.10 Å². The van der Waals surface area contributed by atoms with Crippen LogP contribution in [-0.2, 0) is 0 Å². The molecule has 18 heavy (non-hydrogen) atoms. The molecule has 0 saturated heterocycles. The van der Waals surface area contributed by atoms with Gasteiger partial charge in [-0.15, -0.1) is 0 Å². The lowest BCUT2D eigenvalue weighted by atomic mass is 10.1. The fourth-order valence-electron chi connectivity index (χ4n) is 1.50. The first-order valence-corrected chi connectivity index (χ1v) is 5.86. The first-order valence-electron chi connectivity index (χ1n) is 5.10. The maximum Gasteiger partial charge on any atom is 0.216 e. The minimum Gasteiger partial charge on any atom is -0.481 e. The Labute approximate surface area is 114 Å². The average molecular weight is 285 g/mol. The van der Waals surface area contributed by atoms with Crippen molar-refractivity contribution in [3.05, 3.63) is 51.9 Å². The fraction of sp³-hybridized carbons (Fsp3) is 0.167. The summed E-state index contributed by atoms with van der Waals surface area (Å²) in [6.07, 6.45) is 0.337. The molecule has 6 heteroatoms. The van der Waals surface area contributed by atoms with Crippen LogP contribution < -0.4 is 4.74 Å². The molecule has 94 valence electrons. The average Bonchev–Trinajstić information content (AvgIpc) is 2.41. The molecule has 0 aliphatic rings. The first-order chi connectivity index (χ1) is 8.61. The Morgan fingerprint density at radius 2 is 2.00 bits per heavy atom. The van der Waals surface area contributed by atoms with Crippen molar-refractivity contribution in [2.75, 3.05) is 7.11 Å². The van der Waals surface area contributed by atoms with Gasteiger partial charge >= 0.3 is 0 Å². The van der Waals surface area contributed by atoms with Crippen molar-refractivity contribution in [3.63, 3.8) is 0 Å². The van der Waals surface area contributed by atoms with Crippen LogP contribution in [0.1, 0.15) is 17.4 Å². The summed E-state index contributed by atoms with van der Waals surface area (Å²) in [4.78, 5) is 7.86. The second-order valence-corrected chi connectivity index (χ2v) is 4.40.